The molecule has 0 unspecified atom stereocenters. The lowest BCUT2D eigenvalue weighted by Gasteiger charge is -2.17. The summed E-state index contributed by atoms with van der Waals surface area (Å²) in [5.74, 6) is 2.65. The summed E-state index contributed by atoms with van der Waals surface area (Å²) in [5.41, 5.74) is 12.1. The Hall–Kier alpha value is -6.69. The van der Waals surface area contributed by atoms with Crippen molar-refractivity contribution in [3.8, 4) is 73.2 Å². The molecule has 0 aliphatic carbocycles. The predicted molar refractivity (Wildman–Crippen MR) is 221 cm³/mol. The number of imidazole rings is 1. The third-order valence-corrected chi connectivity index (χ3v) is 10.0. The van der Waals surface area contributed by atoms with Gasteiger partial charge in [0.2, 0.25) is 0 Å². The maximum absolute atomic E-state index is 6.76. The Kier molecular flexibility index (Phi) is 8.83. The van der Waals surface area contributed by atoms with E-state index >= 15 is 0 Å². The Balaban J connectivity index is 1.30. The number of nitrogens with zero attached hydrogens (tertiary/aromatic N) is 5. The van der Waals surface area contributed by atoms with Gasteiger partial charge < -0.3 is 0 Å². The lowest BCUT2D eigenvalue weighted by atomic mass is 9.93. The third kappa shape index (κ3) is 6.36. The summed E-state index contributed by atoms with van der Waals surface area (Å²) in [5, 5.41) is 0.578. The van der Waals surface area contributed by atoms with E-state index in [0.29, 0.717) is 22.5 Å². The van der Waals surface area contributed by atoms with Gasteiger partial charge in [-0.15, -0.1) is 0 Å². The molecule has 9 rings (SSSR count). The number of halogens is 1. The van der Waals surface area contributed by atoms with E-state index in [1.54, 1.807) is 0 Å². The summed E-state index contributed by atoms with van der Waals surface area (Å²) >= 11 is 6.76. The molecule has 5 nitrogen and oxygen atoms in total. The molecule has 0 fully saturated rings. The van der Waals surface area contributed by atoms with Gasteiger partial charge in [0, 0.05) is 28.7 Å². The van der Waals surface area contributed by atoms with Gasteiger partial charge in [0.15, 0.2) is 17.5 Å². The summed E-state index contributed by atoms with van der Waals surface area (Å²) in [6, 6.07) is 60.4. The molecule has 6 heteroatoms. The molecule has 0 aliphatic heterocycles. The topological polar surface area (TPSA) is 56.5 Å². The van der Waals surface area contributed by atoms with Crippen LogP contribution in [0.5, 0.6) is 0 Å². The van der Waals surface area contributed by atoms with Crippen LogP contribution in [0.25, 0.3) is 84.3 Å². The van der Waals surface area contributed by atoms with Crippen LogP contribution < -0.4 is 0 Å². The molecule has 2 aromatic heterocycles. The monoisotopic (exact) mass is 715 g/mol. The van der Waals surface area contributed by atoms with E-state index in [1.165, 1.54) is 0 Å². The van der Waals surface area contributed by atoms with Gasteiger partial charge in [-0.3, -0.25) is 4.57 Å². The number of hydrogen-bond acceptors (Lipinski definition) is 4. The van der Waals surface area contributed by atoms with Crippen molar-refractivity contribution < 1.29 is 0 Å². The standard InChI is InChI=1S/C48H34ClN5/c1-2-45-50-42-25-12-14-27-44(42)54(45)43-26-13-10-22-39(43)37-29-36(35-21-15-20-34(28-35)32-16-5-3-6-17-32)30-38(31-37)47-51-46(33-18-7-4-8-19-33)52-48(53-47)40-23-9-11-24-41(40)49/h3-31H,2H2,1H3. The first-order chi connectivity index (χ1) is 26.6. The molecule has 0 N–H and O–H groups in total. The number of para-hydroxylation sites is 3. The Labute approximate surface area is 319 Å². The van der Waals surface area contributed by atoms with Crippen LogP contribution in [0.3, 0.4) is 0 Å². The first-order valence-corrected chi connectivity index (χ1v) is 18.4. The zero-order valence-corrected chi connectivity index (χ0v) is 30.3. The zero-order chi connectivity index (χ0) is 36.4. The van der Waals surface area contributed by atoms with Gasteiger partial charge in [-0.2, -0.15) is 0 Å². The Morgan fingerprint density at radius 3 is 1.72 bits per heavy atom. The highest BCUT2D eigenvalue weighted by atomic mass is 35.5. The highest BCUT2D eigenvalue weighted by Gasteiger charge is 2.19. The van der Waals surface area contributed by atoms with E-state index in [-0.39, 0.29) is 0 Å². The Bertz CT molecular complexity index is 2770. The molecular weight excluding hydrogens is 682 g/mol. The maximum Gasteiger partial charge on any atom is 0.165 e. The summed E-state index contributed by atoms with van der Waals surface area (Å²) in [6.07, 6.45) is 0.790. The van der Waals surface area contributed by atoms with Gasteiger partial charge in [0.1, 0.15) is 5.82 Å². The molecule has 2 heterocycles. The molecule has 7 aromatic carbocycles. The third-order valence-electron chi connectivity index (χ3n) is 9.68. The van der Waals surface area contributed by atoms with E-state index in [1.807, 2.05) is 66.7 Å². The van der Waals surface area contributed by atoms with Gasteiger partial charge >= 0.3 is 0 Å². The molecule has 0 aliphatic rings. The normalized spacial score (nSPS) is 11.2. The average molecular weight is 716 g/mol. The van der Waals surface area contributed by atoms with Crippen molar-refractivity contribution >= 4 is 22.6 Å². The fourth-order valence-corrected chi connectivity index (χ4v) is 7.29. The lowest BCUT2D eigenvalue weighted by molar-refractivity contribution is 0.909. The highest BCUT2D eigenvalue weighted by molar-refractivity contribution is 6.33. The quantitative estimate of drug-likeness (QED) is 0.157. The van der Waals surface area contributed by atoms with Crippen molar-refractivity contribution in [3.05, 3.63) is 187 Å². The second-order valence-electron chi connectivity index (χ2n) is 13.1. The van der Waals surface area contributed by atoms with E-state index in [2.05, 4.69) is 121 Å². The number of benzene rings is 7. The van der Waals surface area contributed by atoms with Gasteiger partial charge in [-0.05, 0) is 82.4 Å². The number of fused-ring (bicyclic) bond motifs is 1. The van der Waals surface area contributed by atoms with Crippen molar-refractivity contribution in [3.63, 3.8) is 0 Å². The van der Waals surface area contributed by atoms with Crippen LogP contribution in [-0.2, 0) is 6.42 Å². The van der Waals surface area contributed by atoms with Crippen molar-refractivity contribution in [2.45, 2.75) is 13.3 Å². The van der Waals surface area contributed by atoms with Crippen LogP contribution in [0, 0.1) is 0 Å². The van der Waals surface area contributed by atoms with Crippen molar-refractivity contribution in [1.29, 1.82) is 0 Å². The highest BCUT2D eigenvalue weighted by Crippen LogP contribution is 2.38. The summed E-state index contributed by atoms with van der Waals surface area (Å²) in [4.78, 5) is 20.2. The van der Waals surface area contributed by atoms with E-state index in [4.69, 9.17) is 31.5 Å². The number of hydrogen-bond donors (Lipinski definition) is 0. The first kappa shape index (κ1) is 33.2. The lowest BCUT2D eigenvalue weighted by Crippen LogP contribution is -2.03. The van der Waals surface area contributed by atoms with Gasteiger partial charge in [-0.1, -0.05) is 140 Å². The van der Waals surface area contributed by atoms with Crippen LogP contribution in [0.1, 0.15) is 12.7 Å². The second kappa shape index (κ2) is 14.4. The second-order valence-corrected chi connectivity index (χ2v) is 13.5. The molecule has 0 radical (unpaired) electrons. The molecule has 9 aromatic rings. The van der Waals surface area contributed by atoms with Crippen molar-refractivity contribution in [1.82, 2.24) is 24.5 Å². The molecule has 0 amide bonds. The minimum Gasteiger partial charge on any atom is -0.296 e. The molecule has 0 bridgehead atoms. The summed E-state index contributed by atoms with van der Waals surface area (Å²) < 4.78 is 2.29. The van der Waals surface area contributed by atoms with Crippen LogP contribution in [-0.4, -0.2) is 24.5 Å². The number of aryl methyl sites for hydroxylation is 1. The van der Waals surface area contributed by atoms with Crippen LogP contribution in [0.2, 0.25) is 5.02 Å². The molecular formula is C48H34ClN5. The molecule has 0 atom stereocenters. The minimum absolute atomic E-state index is 0.514. The Morgan fingerprint density at radius 2 is 0.963 bits per heavy atom. The van der Waals surface area contributed by atoms with E-state index < -0.39 is 0 Å². The van der Waals surface area contributed by atoms with Crippen molar-refractivity contribution in [2.24, 2.45) is 0 Å². The van der Waals surface area contributed by atoms with Crippen LogP contribution in [0.15, 0.2) is 176 Å². The Morgan fingerprint density at radius 1 is 0.426 bits per heavy atom. The first-order valence-electron chi connectivity index (χ1n) is 18.1. The smallest absolute Gasteiger partial charge is 0.165 e. The van der Waals surface area contributed by atoms with Gasteiger partial charge in [0.25, 0.3) is 0 Å². The number of rotatable bonds is 8. The predicted octanol–water partition coefficient (Wildman–Crippen LogP) is 12.4. The van der Waals surface area contributed by atoms with Crippen LogP contribution in [0.4, 0.5) is 0 Å². The fraction of sp³-hybridized carbons (Fsp3) is 0.0417. The SMILES string of the molecule is CCc1nc2ccccc2n1-c1ccccc1-c1cc(-c2cccc(-c3ccccc3)c2)cc(-c2nc(-c3ccccc3)nc(-c3ccccc3Cl)n2)c1. The molecule has 0 spiro atoms. The minimum atomic E-state index is 0.514. The number of aromatic nitrogens is 5. The summed E-state index contributed by atoms with van der Waals surface area (Å²) in [6.45, 7) is 2.15. The molecule has 258 valence electrons. The van der Waals surface area contributed by atoms with E-state index in [0.717, 1.165) is 79.0 Å². The molecule has 0 saturated carbocycles. The average Bonchev–Trinajstić information content (AvgIpc) is 3.63. The molecule has 0 saturated heterocycles. The largest absolute Gasteiger partial charge is 0.296 e. The fourth-order valence-electron chi connectivity index (χ4n) is 7.07. The van der Waals surface area contributed by atoms with Gasteiger partial charge in [0.05, 0.1) is 21.7 Å². The van der Waals surface area contributed by atoms with E-state index in [9.17, 15) is 0 Å². The van der Waals surface area contributed by atoms with Gasteiger partial charge in [-0.25, -0.2) is 19.9 Å². The zero-order valence-electron chi connectivity index (χ0n) is 29.6. The van der Waals surface area contributed by atoms with Crippen molar-refractivity contribution in [2.75, 3.05) is 0 Å². The molecule has 54 heavy (non-hydrogen) atoms. The van der Waals surface area contributed by atoms with Crippen LogP contribution >= 0.6 is 11.6 Å². The summed E-state index contributed by atoms with van der Waals surface area (Å²) in [7, 11) is 0. The maximum atomic E-state index is 6.76.